The Labute approximate surface area is 155 Å². The third-order valence-electron chi connectivity index (χ3n) is 4.88. The summed E-state index contributed by atoms with van der Waals surface area (Å²) in [5.41, 5.74) is 8.62. The van der Waals surface area contributed by atoms with Crippen molar-refractivity contribution in [3.63, 3.8) is 0 Å². The highest BCUT2D eigenvalue weighted by Gasteiger charge is 2.20. The molecule has 1 saturated heterocycles. The summed E-state index contributed by atoms with van der Waals surface area (Å²) in [6.07, 6.45) is 6.09. The lowest BCUT2D eigenvalue weighted by Gasteiger charge is -2.26. The average molecular weight is 352 g/mol. The molecule has 1 unspecified atom stereocenters. The first-order valence-corrected chi connectivity index (χ1v) is 8.99. The van der Waals surface area contributed by atoms with Gasteiger partial charge in [-0.3, -0.25) is 4.90 Å². The standard InChI is InChI=1S/C20H28N6/c1-14(15(2)26-8-4-5-9-26)24-20-11-18-10-16(19(21)13-25(3)22)6-7-17(18)12-23-20/h6-7,10-13,15H,1,4-5,8-9,21-22H2,2-3H3,(H,23,24)/b19-13-. The van der Waals surface area contributed by atoms with E-state index in [2.05, 4.69) is 28.7 Å². The van der Waals surface area contributed by atoms with Crippen LogP contribution in [0.3, 0.4) is 0 Å². The number of nitrogens with zero attached hydrogens (tertiary/aromatic N) is 3. The van der Waals surface area contributed by atoms with E-state index in [-0.39, 0.29) is 0 Å². The predicted octanol–water partition coefficient (Wildman–Crippen LogP) is 2.71. The number of likely N-dealkylation sites (tertiary alicyclic amines) is 1. The molecule has 2 aromatic rings. The van der Waals surface area contributed by atoms with Gasteiger partial charge in [-0.05, 0) is 55.9 Å². The molecule has 138 valence electrons. The number of fused-ring (bicyclic) bond motifs is 1. The van der Waals surface area contributed by atoms with Gasteiger partial charge >= 0.3 is 0 Å². The molecule has 6 heteroatoms. The first kappa shape index (κ1) is 18.2. The molecule has 1 atom stereocenters. The molecule has 1 fully saturated rings. The van der Waals surface area contributed by atoms with E-state index in [1.54, 1.807) is 13.2 Å². The molecule has 3 rings (SSSR count). The molecule has 1 aromatic carbocycles. The van der Waals surface area contributed by atoms with Crippen LogP contribution in [0.25, 0.3) is 16.5 Å². The van der Waals surface area contributed by atoms with Crippen molar-refractivity contribution >= 4 is 22.3 Å². The van der Waals surface area contributed by atoms with Crippen LogP contribution < -0.4 is 16.9 Å². The van der Waals surface area contributed by atoms with Crippen molar-refractivity contribution in [1.82, 2.24) is 14.9 Å². The number of pyridine rings is 1. The van der Waals surface area contributed by atoms with Gasteiger partial charge in [0.15, 0.2) is 0 Å². The van der Waals surface area contributed by atoms with Gasteiger partial charge in [0.2, 0.25) is 0 Å². The summed E-state index contributed by atoms with van der Waals surface area (Å²) in [5.74, 6) is 6.44. The third kappa shape index (κ3) is 4.15. The van der Waals surface area contributed by atoms with Gasteiger partial charge in [-0.1, -0.05) is 18.7 Å². The smallest absolute Gasteiger partial charge is 0.130 e. The zero-order valence-electron chi connectivity index (χ0n) is 15.6. The molecule has 0 saturated carbocycles. The van der Waals surface area contributed by atoms with E-state index in [0.717, 1.165) is 40.9 Å². The van der Waals surface area contributed by atoms with Crippen LogP contribution in [-0.4, -0.2) is 41.1 Å². The fourth-order valence-corrected chi connectivity index (χ4v) is 3.30. The number of nitrogens with two attached hydrogens (primary N) is 2. The fourth-order valence-electron chi connectivity index (χ4n) is 3.30. The molecule has 6 nitrogen and oxygen atoms in total. The molecule has 5 N–H and O–H groups in total. The Kier molecular flexibility index (Phi) is 5.44. The number of hydrogen-bond acceptors (Lipinski definition) is 6. The summed E-state index contributed by atoms with van der Waals surface area (Å²) in [4.78, 5) is 6.96. The second-order valence-corrected chi connectivity index (χ2v) is 6.95. The lowest BCUT2D eigenvalue weighted by atomic mass is 10.1. The number of benzene rings is 1. The molecule has 0 aliphatic carbocycles. The first-order valence-electron chi connectivity index (χ1n) is 8.99. The third-order valence-corrected chi connectivity index (χ3v) is 4.88. The highest BCUT2D eigenvalue weighted by molar-refractivity contribution is 5.87. The fraction of sp³-hybridized carbons (Fsp3) is 0.350. The molecule has 1 aromatic heterocycles. The Morgan fingerprint density at radius 2 is 2.04 bits per heavy atom. The van der Waals surface area contributed by atoms with Crippen LogP contribution in [-0.2, 0) is 0 Å². The molecule has 1 aliphatic rings. The van der Waals surface area contributed by atoms with Crippen LogP contribution in [0.5, 0.6) is 0 Å². The lowest BCUT2D eigenvalue weighted by Crippen LogP contribution is -2.33. The van der Waals surface area contributed by atoms with E-state index in [0.29, 0.717) is 11.7 Å². The highest BCUT2D eigenvalue weighted by atomic mass is 15.4. The van der Waals surface area contributed by atoms with Crippen molar-refractivity contribution in [2.24, 2.45) is 11.6 Å². The van der Waals surface area contributed by atoms with Crippen molar-refractivity contribution in [3.8, 4) is 0 Å². The number of aromatic nitrogens is 1. The minimum absolute atomic E-state index is 0.292. The summed E-state index contributed by atoms with van der Waals surface area (Å²) in [5, 5.41) is 6.95. The molecule has 0 bridgehead atoms. The van der Waals surface area contributed by atoms with Crippen molar-refractivity contribution in [3.05, 3.63) is 54.5 Å². The molecule has 0 spiro atoms. The van der Waals surface area contributed by atoms with E-state index in [1.165, 1.54) is 17.9 Å². The Morgan fingerprint density at radius 3 is 2.73 bits per heavy atom. The minimum atomic E-state index is 0.292. The Morgan fingerprint density at radius 1 is 1.31 bits per heavy atom. The molecule has 0 amide bonds. The van der Waals surface area contributed by atoms with Crippen LogP contribution in [0.1, 0.15) is 25.3 Å². The Bertz CT molecular complexity index is 820. The van der Waals surface area contributed by atoms with E-state index in [9.17, 15) is 0 Å². The van der Waals surface area contributed by atoms with E-state index in [4.69, 9.17) is 11.6 Å². The van der Waals surface area contributed by atoms with Crippen molar-refractivity contribution in [1.29, 1.82) is 0 Å². The first-order chi connectivity index (χ1) is 12.4. The number of nitrogens with one attached hydrogen (secondary N) is 1. The molecule has 26 heavy (non-hydrogen) atoms. The maximum absolute atomic E-state index is 6.10. The summed E-state index contributed by atoms with van der Waals surface area (Å²) >= 11 is 0. The van der Waals surface area contributed by atoms with E-state index in [1.807, 2.05) is 30.5 Å². The normalized spacial score (nSPS) is 16.7. The molecule has 1 aliphatic heterocycles. The zero-order valence-corrected chi connectivity index (χ0v) is 15.6. The van der Waals surface area contributed by atoms with E-state index < -0.39 is 0 Å². The molecular weight excluding hydrogens is 324 g/mol. The predicted molar refractivity (Wildman–Crippen MR) is 109 cm³/mol. The molecule has 2 heterocycles. The number of hydrazine groups is 1. The minimum Gasteiger partial charge on any atom is -0.397 e. The van der Waals surface area contributed by atoms with Gasteiger partial charge in [0.1, 0.15) is 5.82 Å². The maximum Gasteiger partial charge on any atom is 0.130 e. The van der Waals surface area contributed by atoms with Gasteiger partial charge in [-0.25, -0.2) is 10.8 Å². The number of rotatable bonds is 6. The van der Waals surface area contributed by atoms with Crippen LogP contribution >= 0.6 is 0 Å². The van der Waals surface area contributed by atoms with Crippen LogP contribution in [0.15, 0.2) is 48.9 Å². The summed E-state index contributed by atoms with van der Waals surface area (Å²) in [6, 6.07) is 8.35. The van der Waals surface area contributed by atoms with Crippen molar-refractivity contribution in [2.45, 2.75) is 25.8 Å². The molecular formula is C20H28N6. The molecule has 0 radical (unpaired) electrons. The average Bonchev–Trinajstić information content (AvgIpc) is 3.14. The topological polar surface area (TPSA) is 83.4 Å². The maximum atomic E-state index is 6.10. The van der Waals surface area contributed by atoms with Gasteiger partial charge in [0, 0.05) is 36.6 Å². The monoisotopic (exact) mass is 352 g/mol. The second kappa shape index (κ2) is 7.76. The van der Waals surface area contributed by atoms with Crippen molar-refractivity contribution in [2.75, 3.05) is 25.5 Å². The Hall–Kier alpha value is -2.57. The van der Waals surface area contributed by atoms with Gasteiger partial charge in [0.25, 0.3) is 0 Å². The second-order valence-electron chi connectivity index (χ2n) is 6.95. The summed E-state index contributed by atoms with van der Waals surface area (Å²) in [6.45, 7) is 8.67. The quantitative estimate of drug-likeness (QED) is 0.548. The highest BCUT2D eigenvalue weighted by Crippen LogP contribution is 2.23. The van der Waals surface area contributed by atoms with Crippen LogP contribution in [0.4, 0.5) is 5.82 Å². The Balaban J connectivity index is 1.80. The van der Waals surface area contributed by atoms with Gasteiger partial charge in [-0.15, -0.1) is 0 Å². The zero-order chi connectivity index (χ0) is 18.7. The van der Waals surface area contributed by atoms with Crippen LogP contribution in [0, 0.1) is 0 Å². The SMILES string of the molecule is C=C(Nc1cc2cc(/C(N)=C/N(C)N)ccc2cn1)C(C)N1CCCC1. The van der Waals surface area contributed by atoms with Crippen LogP contribution in [0.2, 0.25) is 0 Å². The van der Waals surface area contributed by atoms with E-state index >= 15 is 0 Å². The summed E-state index contributed by atoms with van der Waals surface area (Å²) < 4.78 is 0. The lowest BCUT2D eigenvalue weighted by molar-refractivity contribution is 0.291. The number of anilines is 1. The number of hydrogen-bond donors (Lipinski definition) is 3. The van der Waals surface area contributed by atoms with Gasteiger partial charge < -0.3 is 16.1 Å². The largest absolute Gasteiger partial charge is 0.397 e. The summed E-state index contributed by atoms with van der Waals surface area (Å²) in [7, 11) is 1.74. The van der Waals surface area contributed by atoms with Crippen molar-refractivity contribution < 1.29 is 0 Å². The van der Waals surface area contributed by atoms with Gasteiger partial charge in [-0.2, -0.15) is 0 Å². The van der Waals surface area contributed by atoms with Gasteiger partial charge in [0.05, 0.1) is 5.70 Å².